The molecule has 0 atom stereocenters. The van der Waals surface area contributed by atoms with E-state index in [1.54, 1.807) is 0 Å². The lowest BCUT2D eigenvalue weighted by molar-refractivity contribution is 0.747. The molecule has 1 aromatic heterocycles. The molecule has 4 nitrogen and oxygen atoms in total. The summed E-state index contributed by atoms with van der Waals surface area (Å²) < 4.78 is 2.27. The van der Waals surface area contributed by atoms with E-state index in [-0.39, 0.29) is 0 Å². The molecule has 0 fully saturated rings. The third kappa shape index (κ3) is 4.22. The third-order valence-electron chi connectivity index (χ3n) is 5.16. The number of nitrogens with one attached hydrogen (secondary N) is 1. The molecule has 0 spiro atoms. The van der Waals surface area contributed by atoms with E-state index >= 15 is 0 Å². The highest BCUT2D eigenvalue weighted by Gasteiger charge is 2.12. The minimum absolute atomic E-state index is 0.631. The first-order valence-electron chi connectivity index (χ1n) is 9.73. The number of para-hydroxylation sites is 1. The number of aromatic nitrogens is 1. The van der Waals surface area contributed by atoms with Gasteiger partial charge in [-0.1, -0.05) is 54.1 Å². The van der Waals surface area contributed by atoms with Crippen LogP contribution in [0.1, 0.15) is 27.9 Å². The van der Waals surface area contributed by atoms with Gasteiger partial charge in [0.1, 0.15) is 0 Å². The van der Waals surface area contributed by atoms with Gasteiger partial charge >= 0.3 is 0 Å². The van der Waals surface area contributed by atoms with Crippen LogP contribution in [-0.2, 0) is 13.1 Å². The second-order valence-electron chi connectivity index (χ2n) is 7.13. The number of hydrazone groups is 1. The van der Waals surface area contributed by atoms with Gasteiger partial charge in [-0.15, -0.1) is 0 Å². The van der Waals surface area contributed by atoms with Crippen LogP contribution in [-0.4, -0.2) is 10.8 Å². The Bertz CT molecular complexity index is 1250. The van der Waals surface area contributed by atoms with Crippen LogP contribution in [0, 0.1) is 18.3 Å². The van der Waals surface area contributed by atoms with Crippen molar-refractivity contribution < 1.29 is 0 Å². The highest BCUT2D eigenvalue weighted by Crippen LogP contribution is 2.25. The molecule has 5 heteroatoms. The number of benzene rings is 3. The lowest BCUT2D eigenvalue weighted by atomic mass is 10.1. The summed E-state index contributed by atoms with van der Waals surface area (Å²) in [5, 5.41) is 15.5. The molecule has 4 aromatic rings. The first-order chi connectivity index (χ1) is 14.7. The zero-order valence-corrected chi connectivity index (χ0v) is 17.4. The molecule has 1 N–H and O–H groups in total. The SMILES string of the molecule is Cc1c(/C=N\NCc2ccc(Cl)cc2)c2ccccc2n1Cc1cccc(C#N)c1. The second-order valence-corrected chi connectivity index (χ2v) is 7.57. The Morgan fingerprint density at radius 1 is 1.03 bits per heavy atom. The molecule has 0 aliphatic carbocycles. The zero-order valence-electron chi connectivity index (χ0n) is 16.6. The summed E-state index contributed by atoms with van der Waals surface area (Å²) in [6.07, 6.45) is 1.88. The summed E-state index contributed by atoms with van der Waals surface area (Å²) in [6.45, 7) is 3.44. The van der Waals surface area contributed by atoms with Crippen LogP contribution in [0.2, 0.25) is 5.02 Å². The van der Waals surface area contributed by atoms with Crippen LogP contribution in [0.5, 0.6) is 0 Å². The van der Waals surface area contributed by atoms with Crippen LogP contribution < -0.4 is 5.43 Å². The maximum atomic E-state index is 9.19. The standard InChI is InChI=1S/C25H21ClN4/c1-18-24(16-29-28-15-19-9-11-22(26)12-10-19)23-7-2-3-8-25(23)30(18)17-21-6-4-5-20(13-21)14-27/h2-13,16,28H,15,17H2,1H3/b29-16-. The topological polar surface area (TPSA) is 53.1 Å². The van der Waals surface area contributed by atoms with E-state index in [0.717, 1.165) is 38.3 Å². The number of nitrogens with zero attached hydrogens (tertiary/aromatic N) is 3. The monoisotopic (exact) mass is 412 g/mol. The molecule has 1 heterocycles. The van der Waals surface area contributed by atoms with Crippen molar-refractivity contribution in [2.45, 2.75) is 20.0 Å². The number of hydrogen-bond acceptors (Lipinski definition) is 3. The molecular weight excluding hydrogens is 392 g/mol. The molecular formula is C25H21ClN4. The van der Waals surface area contributed by atoms with Crippen molar-refractivity contribution in [3.8, 4) is 6.07 Å². The summed E-state index contributed by atoms with van der Waals surface area (Å²) in [5.74, 6) is 0. The number of nitriles is 1. The fourth-order valence-electron chi connectivity index (χ4n) is 3.60. The van der Waals surface area contributed by atoms with Crippen molar-refractivity contribution in [1.29, 1.82) is 5.26 Å². The minimum Gasteiger partial charge on any atom is -0.340 e. The van der Waals surface area contributed by atoms with Gasteiger partial charge in [0.05, 0.1) is 24.4 Å². The van der Waals surface area contributed by atoms with Crippen molar-refractivity contribution in [2.75, 3.05) is 0 Å². The smallest absolute Gasteiger partial charge is 0.0991 e. The predicted octanol–water partition coefficient (Wildman–Crippen LogP) is 5.65. The fourth-order valence-corrected chi connectivity index (χ4v) is 3.72. The summed E-state index contributed by atoms with van der Waals surface area (Å²) in [6, 6.07) is 26.0. The van der Waals surface area contributed by atoms with Crippen molar-refractivity contribution in [3.63, 3.8) is 0 Å². The van der Waals surface area contributed by atoms with Gasteiger partial charge < -0.3 is 9.99 Å². The van der Waals surface area contributed by atoms with Gasteiger partial charge in [0.15, 0.2) is 0 Å². The molecule has 0 aliphatic rings. The normalized spacial score (nSPS) is 11.1. The van der Waals surface area contributed by atoms with E-state index in [1.165, 1.54) is 0 Å². The summed E-state index contributed by atoms with van der Waals surface area (Å²) >= 11 is 5.93. The van der Waals surface area contributed by atoms with Gasteiger partial charge in [0.2, 0.25) is 0 Å². The van der Waals surface area contributed by atoms with Gasteiger partial charge in [0.25, 0.3) is 0 Å². The van der Waals surface area contributed by atoms with Gasteiger partial charge in [0, 0.05) is 33.7 Å². The molecule has 0 amide bonds. The number of hydrogen-bond donors (Lipinski definition) is 1. The Kier molecular flexibility index (Phi) is 5.83. The lowest BCUT2D eigenvalue weighted by Crippen LogP contribution is -2.06. The Morgan fingerprint density at radius 3 is 2.63 bits per heavy atom. The van der Waals surface area contributed by atoms with E-state index in [4.69, 9.17) is 11.6 Å². The summed E-state index contributed by atoms with van der Waals surface area (Å²) in [5.41, 5.74) is 9.38. The number of halogens is 1. The van der Waals surface area contributed by atoms with Gasteiger partial charge in [-0.05, 0) is 48.4 Å². The number of fused-ring (bicyclic) bond motifs is 1. The first kappa shape index (κ1) is 19.8. The molecule has 0 saturated heterocycles. The van der Waals surface area contributed by atoms with Gasteiger partial charge in [-0.3, -0.25) is 0 Å². The quantitative estimate of drug-likeness (QED) is 0.329. The molecule has 3 aromatic carbocycles. The van der Waals surface area contributed by atoms with E-state index in [9.17, 15) is 5.26 Å². The van der Waals surface area contributed by atoms with E-state index in [2.05, 4.69) is 46.3 Å². The van der Waals surface area contributed by atoms with Crippen LogP contribution in [0.4, 0.5) is 0 Å². The second kappa shape index (κ2) is 8.86. The Hall–Kier alpha value is -3.55. The predicted molar refractivity (Wildman–Crippen MR) is 123 cm³/mol. The number of rotatable bonds is 6. The van der Waals surface area contributed by atoms with E-state index < -0.39 is 0 Å². The third-order valence-corrected chi connectivity index (χ3v) is 5.41. The lowest BCUT2D eigenvalue weighted by Gasteiger charge is -2.09. The zero-order chi connectivity index (χ0) is 20.9. The molecule has 148 valence electrons. The van der Waals surface area contributed by atoms with Crippen LogP contribution in [0.3, 0.4) is 0 Å². The highest BCUT2D eigenvalue weighted by atomic mass is 35.5. The fraction of sp³-hybridized carbons (Fsp3) is 0.120. The Labute approximate surface area is 181 Å². The summed E-state index contributed by atoms with van der Waals surface area (Å²) in [7, 11) is 0. The molecule has 0 unspecified atom stereocenters. The highest BCUT2D eigenvalue weighted by molar-refractivity contribution is 6.30. The molecule has 0 bridgehead atoms. The van der Waals surface area contributed by atoms with Gasteiger partial charge in [-0.25, -0.2) is 0 Å². The Balaban J connectivity index is 1.59. The molecule has 0 radical (unpaired) electrons. The average molecular weight is 413 g/mol. The van der Waals surface area contributed by atoms with Crippen molar-refractivity contribution in [3.05, 3.63) is 106 Å². The van der Waals surface area contributed by atoms with Crippen molar-refractivity contribution >= 4 is 28.7 Å². The minimum atomic E-state index is 0.631. The maximum absolute atomic E-state index is 9.19. The van der Waals surface area contributed by atoms with E-state index in [0.29, 0.717) is 18.7 Å². The van der Waals surface area contributed by atoms with Crippen molar-refractivity contribution in [1.82, 2.24) is 9.99 Å². The molecule has 30 heavy (non-hydrogen) atoms. The Morgan fingerprint density at radius 2 is 1.83 bits per heavy atom. The van der Waals surface area contributed by atoms with Crippen LogP contribution in [0.25, 0.3) is 10.9 Å². The van der Waals surface area contributed by atoms with Crippen molar-refractivity contribution in [2.24, 2.45) is 5.10 Å². The van der Waals surface area contributed by atoms with Gasteiger partial charge in [-0.2, -0.15) is 10.4 Å². The summed E-state index contributed by atoms with van der Waals surface area (Å²) in [4.78, 5) is 0. The molecule has 0 saturated carbocycles. The first-order valence-corrected chi connectivity index (χ1v) is 10.1. The molecule has 4 rings (SSSR count). The van der Waals surface area contributed by atoms with Crippen LogP contribution in [0.15, 0.2) is 77.9 Å². The van der Waals surface area contributed by atoms with E-state index in [1.807, 2.05) is 60.8 Å². The maximum Gasteiger partial charge on any atom is 0.0991 e. The molecule has 0 aliphatic heterocycles. The average Bonchev–Trinajstić information content (AvgIpc) is 3.04. The largest absolute Gasteiger partial charge is 0.340 e. The van der Waals surface area contributed by atoms with Crippen LogP contribution >= 0.6 is 11.6 Å².